The van der Waals surface area contributed by atoms with E-state index in [-0.39, 0.29) is 5.91 Å². The predicted octanol–water partition coefficient (Wildman–Crippen LogP) is 5.06. The highest BCUT2D eigenvalue weighted by Crippen LogP contribution is 2.27. The van der Waals surface area contributed by atoms with Crippen LogP contribution in [0.25, 0.3) is 0 Å². The fraction of sp³-hybridized carbons (Fsp3) is 0.296. The first-order valence-corrected chi connectivity index (χ1v) is 12.9. The Labute approximate surface area is 197 Å². The Morgan fingerprint density at radius 2 is 1.48 bits per heavy atom. The standard InChI is InChI=1S/C27H32N2O3S/c1-6-25(29(33(5,31)32)24-17-14-20(3)21(4)18-24)27(30)28-26(22-10-8-7-9-11-22)23-15-12-19(2)13-16-23/h7-18,25-26H,6H2,1-5H3,(H,28,30)/t25-,26+/m1/s1. The number of nitrogens with zero attached hydrogens (tertiary/aromatic N) is 1. The number of hydrogen-bond donors (Lipinski definition) is 1. The molecule has 174 valence electrons. The number of aryl methyl sites for hydroxylation is 3. The smallest absolute Gasteiger partial charge is 0.244 e. The molecule has 0 aliphatic rings. The molecule has 0 saturated carbocycles. The normalized spacial score (nSPS) is 13.2. The number of anilines is 1. The summed E-state index contributed by atoms with van der Waals surface area (Å²) in [5.74, 6) is -0.337. The Morgan fingerprint density at radius 3 is 2.03 bits per heavy atom. The van der Waals surface area contributed by atoms with Crippen molar-refractivity contribution in [2.75, 3.05) is 10.6 Å². The highest BCUT2D eigenvalue weighted by Gasteiger charge is 2.33. The van der Waals surface area contributed by atoms with Gasteiger partial charge >= 0.3 is 0 Å². The molecule has 1 amide bonds. The summed E-state index contributed by atoms with van der Waals surface area (Å²) in [7, 11) is -3.70. The number of amides is 1. The Kier molecular flexibility index (Phi) is 7.59. The SMILES string of the molecule is CC[C@H](C(=O)N[C@@H](c1ccccc1)c1ccc(C)cc1)N(c1ccc(C)c(C)c1)S(C)(=O)=O. The van der Waals surface area contributed by atoms with Gasteiger partial charge in [0.1, 0.15) is 6.04 Å². The van der Waals surface area contributed by atoms with Gasteiger partial charge in [-0.05, 0) is 61.6 Å². The van der Waals surface area contributed by atoms with E-state index in [1.54, 1.807) is 6.07 Å². The molecule has 1 N–H and O–H groups in total. The molecule has 3 aromatic carbocycles. The molecule has 6 heteroatoms. The highest BCUT2D eigenvalue weighted by atomic mass is 32.2. The van der Waals surface area contributed by atoms with Crippen LogP contribution in [0.4, 0.5) is 5.69 Å². The fourth-order valence-corrected chi connectivity index (χ4v) is 5.13. The van der Waals surface area contributed by atoms with E-state index in [9.17, 15) is 13.2 Å². The molecule has 0 unspecified atom stereocenters. The van der Waals surface area contributed by atoms with Gasteiger partial charge in [-0.3, -0.25) is 9.10 Å². The highest BCUT2D eigenvalue weighted by molar-refractivity contribution is 7.92. The second-order valence-corrected chi connectivity index (χ2v) is 10.4. The average Bonchev–Trinajstić information content (AvgIpc) is 2.78. The third kappa shape index (κ3) is 5.82. The molecule has 3 rings (SSSR count). The van der Waals surface area contributed by atoms with E-state index in [1.165, 1.54) is 4.31 Å². The number of carbonyl (C=O) groups is 1. The van der Waals surface area contributed by atoms with Crippen molar-refractivity contribution in [3.05, 3.63) is 101 Å². The Morgan fingerprint density at radius 1 is 0.879 bits per heavy atom. The van der Waals surface area contributed by atoms with Gasteiger partial charge in [0, 0.05) is 0 Å². The lowest BCUT2D eigenvalue weighted by atomic mass is 9.97. The molecule has 0 radical (unpaired) electrons. The van der Waals surface area contributed by atoms with Crippen molar-refractivity contribution in [3.8, 4) is 0 Å². The van der Waals surface area contributed by atoms with E-state index in [1.807, 2.05) is 94.4 Å². The Balaban J connectivity index is 2.00. The summed E-state index contributed by atoms with van der Waals surface area (Å²) in [5, 5.41) is 3.12. The van der Waals surface area contributed by atoms with E-state index in [0.29, 0.717) is 12.1 Å². The minimum atomic E-state index is -3.70. The molecular weight excluding hydrogens is 432 g/mol. The number of sulfonamides is 1. The van der Waals surface area contributed by atoms with Crippen LogP contribution in [-0.4, -0.2) is 26.6 Å². The first-order valence-electron chi connectivity index (χ1n) is 11.1. The van der Waals surface area contributed by atoms with Crippen LogP contribution in [0.2, 0.25) is 0 Å². The molecule has 0 fully saturated rings. The summed E-state index contributed by atoms with van der Waals surface area (Å²) in [6.07, 6.45) is 1.48. The van der Waals surface area contributed by atoms with Gasteiger partial charge in [0.05, 0.1) is 18.0 Å². The summed E-state index contributed by atoms with van der Waals surface area (Å²) in [4.78, 5) is 13.6. The largest absolute Gasteiger partial charge is 0.343 e. The van der Waals surface area contributed by atoms with Crippen LogP contribution < -0.4 is 9.62 Å². The van der Waals surface area contributed by atoms with Crippen molar-refractivity contribution < 1.29 is 13.2 Å². The van der Waals surface area contributed by atoms with Gasteiger partial charge in [-0.1, -0.05) is 73.2 Å². The van der Waals surface area contributed by atoms with Crippen molar-refractivity contribution >= 4 is 21.6 Å². The predicted molar refractivity (Wildman–Crippen MR) is 135 cm³/mol. The second-order valence-electron chi connectivity index (χ2n) is 8.51. The summed E-state index contributed by atoms with van der Waals surface area (Å²) in [5.41, 5.74) is 5.52. The van der Waals surface area contributed by atoms with Crippen LogP contribution >= 0.6 is 0 Å². The molecule has 3 aromatic rings. The first-order chi connectivity index (χ1) is 15.6. The fourth-order valence-electron chi connectivity index (χ4n) is 3.92. The van der Waals surface area contributed by atoms with Crippen LogP contribution in [0.15, 0.2) is 72.8 Å². The van der Waals surface area contributed by atoms with Gasteiger partial charge in [-0.15, -0.1) is 0 Å². The molecule has 0 aromatic heterocycles. The molecule has 0 spiro atoms. The molecule has 0 heterocycles. The van der Waals surface area contributed by atoms with Crippen molar-refractivity contribution in [2.45, 2.75) is 46.2 Å². The maximum Gasteiger partial charge on any atom is 0.244 e. The molecule has 0 bridgehead atoms. The first kappa shape index (κ1) is 24.5. The third-order valence-electron chi connectivity index (χ3n) is 5.90. The molecule has 0 aliphatic heterocycles. The van der Waals surface area contributed by atoms with Crippen LogP contribution in [0.5, 0.6) is 0 Å². The quantitative estimate of drug-likeness (QED) is 0.507. The van der Waals surface area contributed by atoms with Gasteiger partial charge < -0.3 is 5.32 Å². The zero-order valence-corrected chi connectivity index (χ0v) is 20.7. The van der Waals surface area contributed by atoms with E-state index in [0.717, 1.165) is 34.1 Å². The van der Waals surface area contributed by atoms with E-state index < -0.39 is 22.1 Å². The van der Waals surface area contributed by atoms with Crippen molar-refractivity contribution in [3.63, 3.8) is 0 Å². The lowest BCUT2D eigenvalue weighted by Crippen LogP contribution is -2.50. The second kappa shape index (κ2) is 10.2. The van der Waals surface area contributed by atoms with Gasteiger partial charge in [0.15, 0.2) is 0 Å². The third-order valence-corrected chi connectivity index (χ3v) is 7.08. The van der Waals surface area contributed by atoms with Crippen molar-refractivity contribution in [1.29, 1.82) is 0 Å². The summed E-state index contributed by atoms with van der Waals surface area (Å²) < 4.78 is 26.9. The average molecular weight is 465 g/mol. The van der Waals surface area contributed by atoms with Gasteiger partial charge in [0.25, 0.3) is 0 Å². The van der Waals surface area contributed by atoms with E-state index in [4.69, 9.17) is 0 Å². The van der Waals surface area contributed by atoms with Gasteiger partial charge in [-0.25, -0.2) is 8.42 Å². The molecule has 5 nitrogen and oxygen atoms in total. The van der Waals surface area contributed by atoms with Crippen molar-refractivity contribution in [2.24, 2.45) is 0 Å². The zero-order chi connectivity index (χ0) is 24.2. The maximum absolute atomic E-state index is 13.6. The minimum absolute atomic E-state index is 0.335. The molecular formula is C27H32N2O3S. The Hall–Kier alpha value is -3.12. The van der Waals surface area contributed by atoms with E-state index in [2.05, 4.69) is 5.32 Å². The lowest BCUT2D eigenvalue weighted by Gasteiger charge is -2.32. The van der Waals surface area contributed by atoms with Crippen LogP contribution in [0, 0.1) is 20.8 Å². The molecule has 2 atom stereocenters. The summed E-state index contributed by atoms with van der Waals surface area (Å²) >= 11 is 0. The molecule has 0 aliphatic carbocycles. The minimum Gasteiger partial charge on any atom is -0.343 e. The van der Waals surface area contributed by atoms with Crippen LogP contribution in [0.1, 0.15) is 47.2 Å². The van der Waals surface area contributed by atoms with Gasteiger partial charge in [-0.2, -0.15) is 0 Å². The zero-order valence-electron chi connectivity index (χ0n) is 19.9. The number of hydrogen-bond acceptors (Lipinski definition) is 3. The topological polar surface area (TPSA) is 66.5 Å². The number of benzene rings is 3. The van der Waals surface area contributed by atoms with Crippen molar-refractivity contribution in [1.82, 2.24) is 5.32 Å². The van der Waals surface area contributed by atoms with Crippen LogP contribution in [0.3, 0.4) is 0 Å². The maximum atomic E-state index is 13.6. The Bertz CT molecular complexity index is 1210. The number of carbonyl (C=O) groups excluding carboxylic acids is 1. The molecule has 33 heavy (non-hydrogen) atoms. The monoisotopic (exact) mass is 464 g/mol. The molecule has 0 saturated heterocycles. The van der Waals surface area contributed by atoms with E-state index >= 15 is 0 Å². The number of rotatable bonds is 8. The lowest BCUT2D eigenvalue weighted by molar-refractivity contribution is -0.122. The van der Waals surface area contributed by atoms with Gasteiger partial charge in [0.2, 0.25) is 15.9 Å². The van der Waals surface area contributed by atoms with Crippen LogP contribution in [-0.2, 0) is 14.8 Å². The number of nitrogens with one attached hydrogen (secondary N) is 1. The summed E-state index contributed by atoms with van der Waals surface area (Å²) in [6.45, 7) is 7.75. The summed E-state index contributed by atoms with van der Waals surface area (Å²) in [6, 6.07) is 21.9.